The van der Waals surface area contributed by atoms with Gasteiger partial charge in [-0.2, -0.15) is 10.4 Å². The molecule has 0 saturated carbocycles. The zero-order valence-electron chi connectivity index (χ0n) is 9.11. The molecule has 2 rings (SSSR count). The largest absolute Gasteiger partial charge is 0.237 e. The Kier molecular flexibility index (Phi) is 3.16. The summed E-state index contributed by atoms with van der Waals surface area (Å²) >= 11 is 2.18. The van der Waals surface area contributed by atoms with Gasteiger partial charge in [-0.1, -0.05) is 5.92 Å². The number of rotatable bonds is 1. The normalized spacial score (nSPS) is 9.65. The predicted octanol–water partition coefficient (Wildman–Crippen LogP) is 2.64. The lowest BCUT2D eigenvalue weighted by molar-refractivity contribution is 0.845. The first-order valence-corrected chi connectivity index (χ1v) is 5.96. The molecule has 0 radical (unpaired) electrons. The Morgan fingerprint density at radius 2 is 2.18 bits per heavy atom. The summed E-state index contributed by atoms with van der Waals surface area (Å²) in [4.78, 5) is 0. The van der Waals surface area contributed by atoms with Gasteiger partial charge in [0.25, 0.3) is 0 Å². The van der Waals surface area contributed by atoms with Gasteiger partial charge in [0.1, 0.15) is 0 Å². The molecule has 0 bridgehead atoms. The van der Waals surface area contributed by atoms with E-state index in [4.69, 9.17) is 11.7 Å². The standard InChI is InChI=1S/C13H8IN3/c1-3-11-8-16-17(9(11)2)13-5-10(7-15)4-12(14)6-13/h1,4-6,8H,2H3. The number of terminal acetylenes is 1. The van der Waals surface area contributed by atoms with Crippen LogP contribution in [0.5, 0.6) is 0 Å². The Balaban J connectivity index is 2.62. The average Bonchev–Trinajstić information content (AvgIpc) is 2.69. The molecular formula is C13H8IN3. The van der Waals surface area contributed by atoms with Gasteiger partial charge in [0.05, 0.1) is 34.8 Å². The fourth-order valence-corrected chi connectivity index (χ4v) is 2.23. The molecule has 1 heterocycles. The fourth-order valence-electron chi connectivity index (χ4n) is 1.57. The summed E-state index contributed by atoms with van der Waals surface area (Å²) in [6.45, 7) is 1.91. The van der Waals surface area contributed by atoms with E-state index >= 15 is 0 Å². The van der Waals surface area contributed by atoms with Crippen LogP contribution in [0.2, 0.25) is 0 Å². The van der Waals surface area contributed by atoms with Crippen molar-refractivity contribution >= 4 is 22.6 Å². The first-order valence-electron chi connectivity index (χ1n) is 4.88. The summed E-state index contributed by atoms with van der Waals surface area (Å²) < 4.78 is 2.74. The van der Waals surface area contributed by atoms with Crippen LogP contribution in [0.1, 0.15) is 16.8 Å². The minimum absolute atomic E-state index is 0.615. The third kappa shape index (κ3) is 2.17. The van der Waals surface area contributed by atoms with Crippen molar-refractivity contribution in [3.8, 4) is 24.1 Å². The summed E-state index contributed by atoms with van der Waals surface area (Å²) in [7, 11) is 0. The van der Waals surface area contributed by atoms with Crippen LogP contribution in [0.25, 0.3) is 5.69 Å². The zero-order chi connectivity index (χ0) is 12.4. The molecule has 17 heavy (non-hydrogen) atoms. The molecule has 1 aromatic heterocycles. The summed E-state index contributed by atoms with van der Waals surface area (Å²) in [5, 5.41) is 13.2. The maximum Gasteiger partial charge on any atom is 0.0992 e. The molecule has 0 aliphatic heterocycles. The Labute approximate surface area is 113 Å². The maximum atomic E-state index is 8.94. The van der Waals surface area contributed by atoms with Crippen LogP contribution >= 0.6 is 22.6 Å². The van der Waals surface area contributed by atoms with Crippen molar-refractivity contribution in [2.24, 2.45) is 0 Å². The number of hydrogen-bond acceptors (Lipinski definition) is 2. The molecule has 2 aromatic rings. The van der Waals surface area contributed by atoms with E-state index in [1.165, 1.54) is 0 Å². The quantitative estimate of drug-likeness (QED) is 0.595. The number of halogens is 1. The molecule has 1 aromatic carbocycles. The van der Waals surface area contributed by atoms with E-state index in [-0.39, 0.29) is 0 Å². The van der Waals surface area contributed by atoms with Crippen LogP contribution in [-0.2, 0) is 0 Å². The van der Waals surface area contributed by atoms with E-state index in [9.17, 15) is 0 Å². The lowest BCUT2D eigenvalue weighted by Gasteiger charge is -2.05. The summed E-state index contributed by atoms with van der Waals surface area (Å²) in [6.07, 6.45) is 7.02. The molecule has 0 saturated heterocycles. The van der Waals surface area contributed by atoms with E-state index in [0.717, 1.165) is 20.5 Å². The first kappa shape index (κ1) is 11.7. The third-order valence-electron chi connectivity index (χ3n) is 2.42. The van der Waals surface area contributed by atoms with Crippen molar-refractivity contribution in [2.45, 2.75) is 6.92 Å². The Hall–Kier alpha value is -1.79. The van der Waals surface area contributed by atoms with Crippen LogP contribution in [0.3, 0.4) is 0 Å². The van der Waals surface area contributed by atoms with Crippen molar-refractivity contribution in [3.05, 3.63) is 44.8 Å². The molecule has 0 amide bonds. The van der Waals surface area contributed by atoms with Gasteiger partial charge in [-0.25, -0.2) is 4.68 Å². The Bertz CT molecular complexity index is 656. The first-order chi connectivity index (χ1) is 8.15. The lowest BCUT2D eigenvalue weighted by atomic mass is 10.2. The number of benzene rings is 1. The minimum atomic E-state index is 0.615. The summed E-state index contributed by atoms with van der Waals surface area (Å²) in [6, 6.07) is 7.71. The van der Waals surface area contributed by atoms with Crippen molar-refractivity contribution in [1.82, 2.24) is 9.78 Å². The summed E-state index contributed by atoms with van der Waals surface area (Å²) in [5.74, 6) is 2.58. The monoisotopic (exact) mass is 333 g/mol. The SMILES string of the molecule is C#Cc1cnn(-c2cc(I)cc(C#N)c2)c1C. The number of nitrogens with zero attached hydrogens (tertiary/aromatic N) is 3. The van der Waals surface area contributed by atoms with E-state index in [1.807, 2.05) is 19.1 Å². The van der Waals surface area contributed by atoms with Crippen LogP contribution < -0.4 is 0 Å². The Morgan fingerprint density at radius 1 is 1.41 bits per heavy atom. The van der Waals surface area contributed by atoms with Crippen molar-refractivity contribution in [3.63, 3.8) is 0 Å². The lowest BCUT2D eigenvalue weighted by Crippen LogP contribution is -2.00. The molecular weight excluding hydrogens is 325 g/mol. The Morgan fingerprint density at radius 3 is 2.76 bits per heavy atom. The van der Waals surface area contributed by atoms with Crippen LogP contribution in [0.4, 0.5) is 0 Å². The van der Waals surface area contributed by atoms with Gasteiger partial charge in [0, 0.05) is 3.57 Å². The highest BCUT2D eigenvalue weighted by molar-refractivity contribution is 14.1. The van der Waals surface area contributed by atoms with Crippen LogP contribution in [-0.4, -0.2) is 9.78 Å². The second-order valence-corrected chi connectivity index (χ2v) is 4.76. The highest BCUT2D eigenvalue weighted by Crippen LogP contribution is 2.18. The predicted molar refractivity (Wildman–Crippen MR) is 73.7 cm³/mol. The third-order valence-corrected chi connectivity index (χ3v) is 3.04. The van der Waals surface area contributed by atoms with Crippen LogP contribution in [0.15, 0.2) is 24.4 Å². The molecule has 4 heteroatoms. The highest BCUT2D eigenvalue weighted by Gasteiger charge is 2.07. The van der Waals surface area contributed by atoms with Gasteiger partial charge < -0.3 is 0 Å². The summed E-state index contributed by atoms with van der Waals surface area (Å²) in [5.41, 5.74) is 3.14. The molecule has 0 aliphatic carbocycles. The zero-order valence-corrected chi connectivity index (χ0v) is 11.3. The van der Waals surface area contributed by atoms with E-state index in [2.05, 4.69) is 39.7 Å². The van der Waals surface area contributed by atoms with Crippen molar-refractivity contribution in [2.75, 3.05) is 0 Å². The van der Waals surface area contributed by atoms with Gasteiger partial charge in [-0.3, -0.25) is 0 Å². The molecule has 0 fully saturated rings. The number of nitriles is 1. The molecule has 0 atom stereocenters. The molecule has 0 aliphatic rings. The van der Waals surface area contributed by atoms with Gasteiger partial charge >= 0.3 is 0 Å². The van der Waals surface area contributed by atoms with Crippen molar-refractivity contribution < 1.29 is 0 Å². The van der Waals surface area contributed by atoms with E-state index < -0.39 is 0 Å². The smallest absolute Gasteiger partial charge is 0.0992 e. The van der Waals surface area contributed by atoms with E-state index in [0.29, 0.717) is 5.56 Å². The topological polar surface area (TPSA) is 41.6 Å². The van der Waals surface area contributed by atoms with Gasteiger partial charge in [-0.15, -0.1) is 6.42 Å². The second kappa shape index (κ2) is 4.60. The van der Waals surface area contributed by atoms with Gasteiger partial charge in [0.15, 0.2) is 0 Å². The fraction of sp³-hybridized carbons (Fsp3) is 0.0769. The van der Waals surface area contributed by atoms with Crippen molar-refractivity contribution in [1.29, 1.82) is 5.26 Å². The maximum absolute atomic E-state index is 8.94. The molecule has 3 nitrogen and oxygen atoms in total. The molecule has 0 unspecified atom stereocenters. The highest BCUT2D eigenvalue weighted by atomic mass is 127. The molecule has 0 spiro atoms. The van der Waals surface area contributed by atoms with E-state index in [1.54, 1.807) is 16.9 Å². The van der Waals surface area contributed by atoms with Crippen LogP contribution in [0, 0.1) is 34.2 Å². The average molecular weight is 333 g/mol. The molecule has 82 valence electrons. The van der Waals surface area contributed by atoms with Gasteiger partial charge in [-0.05, 0) is 47.7 Å². The van der Waals surface area contributed by atoms with Gasteiger partial charge in [0.2, 0.25) is 0 Å². The number of aromatic nitrogens is 2. The molecule has 0 N–H and O–H groups in total. The minimum Gasteiger partial charge on any atom is -0.237 e. The second-order valence-electron chi connectivity index (χ2n) is 3.51. The number of hydrogen-bond donors (Lipinski definition) is 0.